The van der Waals surface area contributed by atoms with E-state index in [-0.39, 0.29) is 35.3 Å². The van der Waals surface area contributed by atoms with Crippen molar-refractivity contribution in [1.82, 2.24) is 0 Å². The predicted octanol–water partition coefficient (Wildman–Crippen LogP) is 7.71. The molecule has 0 aliphatic heterocycles. The lowest BCUT2D eigenvalue weighted by Crippen LogP contribution is -2.59. The second-order valence-electron chi connectivity index (χ2n) is 9.01. The molecular weight excluding hydrogens is 524 g/mol. The number of nitrogen functional groups attached to an aromatic ring is 2. The van der Waals surface area contributed by atoms with E-state index in [4.69, 9.17) is 20.9 Å². The fourth-order valence-corrected chi connectivity index (χ4v) is 3.97. The van der Waals surface area contributed by atoms with Crippen LogP contribution in [0.4, 0.5) is 46.5 Å². The third kappa shape index (κ3) is 5.31. The first kappa shape index (κ1) is 31.3. The van der Waals surface area contributed by atoms with Crippen LogP contribution >= 0.6 is 0 Å². The van der Waals surface area contributed by atoms with Crippen molar-refractivity contribution in [3.05, 3.63) is 46.5 Å². The first-order chi connectivity index (χ1) is 17.5. The van der Waals surface area contributed by atoms with Crippen LogP contribution in [0.1, 0.15) is 61.8 Å². The van der Waals surface area contributed by atoms with Crippen LogP contribution in [0, 0.1) is 0 Å². The molecule has 0 bridgehead atoms. The average molecular weight is 557 g/mol. The van der Waals surface area contributed by atoms with E-state index in [9.17, 15) is 0 Å². The van der Waals surface area contributed by atoms with Crippen LogP contribution in [-0.4, -0.2) is 26.1 Å². The Balaban J connectivity index is 2.68. The minimum atomic E-state index is -6.55. The molecule has 0 spiro atoms. The molecule has 12 heteroatoms. The summed E-state index contributed by atoms with van der Waals surface area (Å²) in [7, 11) is 2.03. The number of rotatable bonds is 13. The van der Waals surface area contributed by atoms with Crippen LogP contribution in [0.3, 0.4) is 0 Å². The van der Waals surface area contributed by atoms with E-state index in [2.05, 4.69) is 0 Å². The monoisotopic (exact) mass is 556 g/mol. The summed E-state index contributed by atoms with van der Waals surface area (Å²) in [5.74, 6) is -25.5. The number of hydrogen-bond acceptors (Lipinski definition) is 4. The standard InChI is InChI=1S/C26H32F8N2O2/c1-5-7-9-15-11-17(13-19(37-3)21(15)35)23(27,28)25(31,32)26(33,34)24(29,30)18-12-16(10-8-6-2)22(36)20(14-18)38-4/h11-14H,5-10,35-36H2,1-4H3. The Hall–Kier alpha value is -2.92. The molecule has 0 heterocycles. The van der Waals surface area contributed by atoms with E-state index >= 15 is 35.1 Å². The number of benzene rings is 2. The molecule has 4 N–H and O–H groups in total. The maximum atomic E-state index is 15.2. The zero-order valence-electron chi connectivity index (χ0n) is 21.5. The van der Waals surface area contributed by atoms with Gasteiger partial charge in [-0.05, 0) is 61.1 Å². The van der Waals surface area contributed by atoms with Gasteiger partial charge in [0.1, 0.15) is 11.5 Å². The Labute approximate surface area is 216 Å². The second kappa shape index (κ2) is 11.4. The van der Waals surface area contributed by atoms with Gasteiger partial charge in [-0.25, -0.2) is 0 Å². The Morgan fingerprint density at radius 1 is 0.605 bits per heavy atom. The summed E-state index contributed by atoms with van der Waals surface area (Å²) in [6.45, 7) is 3.53. The normalized spacial score (nSPS) is 13.1. The summed E-state index contributed by atoms with van der Waals surface area (Å²) < 4.78 is 131. The van der Waals surface area contributed by atoms with Crippen molar-refractivity contribution >= 4 is 11.4 Å². The fraction of sp³-hybridized carbons (Fsp3) is 0.538. The molecule has 0 aromatic heterocycles. The SMILES string of the molecule is CCCCc1cc(C(F)(F)C(F)(F)C(F)(F)C(F)(F)c2cc(CCCC)c(N)c(OC)c2)cc(OC)c1N. The number of unbranched alkanes of at least 4 members (excludes halogenated alkanes) is 2. The van der Waals surface area contributed by atoms with Crippen molar-refractivity contribution in [1.29, 1.82) is 0 Å². The van der Waals surface area contributed by atoms with Gasteiger partial charge in [0.25, 0.3) is 0 Å². The van der Waals surface area contributed by atoms with Gasteiger partial charge in [0, 0.05) is 11.1 Å². The van der Waals surface area contributed by atoms with Crippen LogP contribution < -0.4 is 20.9 Å². The van der Waals surface area contributed by atoms with Gasteiger partial charge in [-0.15, -0.1) is 0 Å². The van der Waals surface area contributed by atoms with E-state index in [1.807, 2.05) is 0 Å². The lowest BCUT2D eigenvalue weighted by Gasteiger charge is -2.37. The van der Waals surface area contributed by atoms with E-state index in [1.165, 1.54) is 0 Å². The van der Waals surface area contributed by atoms with Gasteiger partial charge in [-0.1, -0.05) is 26.7 Å². The van der Waals surface area contributed by atoms with Gasteiger partial charge in [0.05, 0.1) is 25.6 Å². The Morgan fingerprint density at radius 3 is 1.18 bits per heavy atom. The highest BCUT2D eigenvalue weighted by Crippen LogP contribution is 2.60. The highest BCUT2D eigenvalue weighted by molar-refractivity contribution is 5.62. The van der Waals surface area contributed by atoms with Crippen molar-refractivity contribution in [2.24, 2.45) is 0 Å². The van der Waals surface area contributed by atoms with Crippen LogP contribution in [0.2, 0.25) is 0 Å². The maximum Gasteiger partial charge on any atom is 0.382 e. The maximum absolute atomic E-state index is 15.2. The molecule has 4 nitrogen and oxygen atoms in total. The smallest absolute Gasteiger partial charge is 0.382 e. The second-order valence-corrected chi connectivity index (χ2v) is 9.01. The van der Waals surface area contributed by atoms with Gasteiger partial charge in [-0.2, -0.15) is 35.1 Å². The molecule has 0 atom stereocenters. The van der Waals surface area contributed by atoms with Crippen LogP contribution in [-0.2, 0) is 24.7 Å². The molecule has 0 fully saturated rings. The number of alkyl halides is 8. The molecule has 38 heavy (non-hydrogen) atoms. The van der Waals surface area contributed by atoms with E-state index in [0.717, 1.165) is 14.2 Å². The number of nitrogens with two attached hydrogens (primary N) is 2. The summed E-state index contributed by atoms with van der Waals surface area (Å²) >= 11 is 0. The lowest BCUT2D eigenvalue weighted by molar-refractivity contribution is -0.374. The molecule has 0 aliphatic rings. The lowest BCUT2D eigenvalue weighted by atomic mass is 9.88. The van der Waals surface area contributed by atoms with Crippen molar-refractivity contribution in [3.8, 4) is 11.5 Å². The van der Waals surface area contributed by atoms with E-state index in [1.54, 1.807) is 13.8 Å². The Bertz CT molecular complexity index is 1040. The molecule has 2 aromatic rings. The van der Waals surface area contributed by atoms with Crippen molar-refractivity contribution in [3.63, 3.8) is 0 Å². The number of anilines is 2. The summed E-state index contributed by atoms with van der Waals surface area (Å²) in [5.41, 5.74) is 7.99. The molecule has 214 valence electrons. The molecular formula is C26H32F8N2O2. The molecule has 0 aliphatic carbocycles. The van der Waals surface area contributed by atoms with Gasteiger partial charge in [0.15, 0.2) is 0 Å². The Morgan fingerprint density at radius 2 is 0.921 bits per heavy atom. The largest absolute Gasteiger partial charge is 0.495 e. The van der Waals surface area contributed by atoms with Crippen LogP contribution in [0.5, 0.6) is 11.5 Å². The number of hydrogen-bond donors (Lipinski definition) is 2. The number of halogens is 8. The molecule has 0 saturated carbocycles. The predicted molar refractivity (Wildman–Crippen MR) is 130 cm³/mol. The number of aryl methyl sites for hydroxylation is 2. The van der Waals surface area contributed by atoms with Crippen LogP contribution in [0.25, 0.3) is 0 Å². The third-order valence-electron chi connectivity index (χ3n) is 6.40. The number of methoxy groups -OCH3 is 2. The van der Waals surface area contributed by atoms with Crippen LogP contribution in [0.15, 0.2) is 24.3 Å². The average Bonchev–Trinajstić information content (AvgIpc) is 2.86. The highest BCUT2D eigenvalue weighted by atomic mass is 19.4. The zero-order valence-corrected chi connectivity index (χ0v) is 21.5. The van der Waals surface area contributed by atoms with Gasteiger partial charge < -0.3 is 20.9 Å². The quantitative estimate of drug-likeness (QED) is 0.196. The molecule has 0 radical (unpaired) electrons. The van der Waals surface area contributed by atoms with E-state index in [0.29, 0.717) is 49.9 Å². The fourth-order valence-electron chi connectivity index (χ4n) is 3.97. The third-order valence-corrected chi connectivity index (χ3v) is 6.40. The van der Waals surface area contributed by atoms with E-state index < -0.39 is 46.3 Å². The molecule has 0 amide bonds. The molecule has 2 rings (SSSR count). The summed E-state index contributed by atoms with van der Waals surface area (Å²) in [6, 6.07) is 1.74. The van der Waals surface area contributed by atoms with Crippen molar-refractivity contribution in [2.45, 2.75) is 76.1 Å². The van der Waals surface area contributed by atoms with Crippen molar-refractivity contribution < 1.29 is 44.6 Å². The minimum Gasteiger partial charge on any atom is -0.495 e. The molecule has 2 aromatic carbocycles. The van der Waals surface area contributed by atoms with Gasteiger partial charge >= 0.3 is 23.7 Å². The topological polar surface area (TPSA) is 70.5 Å². The molecule has 0 saturated heterocycles. The Kier molecular flexibility index (Phi) is 9.43. The highest BCUT2D eigenvalue weighted by Gasteiger charge is 2.81. The number of ether oxygens (including phenoxy) is 2. The van der Waals surface area contributed by atoms with Gasteiger partial charge in [0.2, 0.25) is 0 Å². The summed E-state index contributed by atoms with van der Waals surface area (Å²) in [4.78, 5) is 0. The molecule has 0 unspecified atom stereocenters. The summed E-state index contributed by atoms with van der Waals surface area (Å²) in [5, 5.41) is 0. The minimum absolute atomic E-state index is 0.0481. The first-order valence-corrected chi connectivity index (χ1v) is 12.0. The van der Waals surface area contributed by atoms with Crippen molar-refractivity contribution in [2.75, 3.05) is 25.7 Å². The first-order valence-electron chi connectivity index (χ1n) is 12.0. The zero-order chi connectivity index (χ0) is 29.1. The summed E-state index contributed by atoms with van der Waals surface area (Å²) in [6.07, 6.45) is 2.07. The van der Waals surface area contributed by atoms with Gasteiger partial charge in [-0.3, -0.25) is 0 Å².